The Bertz CT molecular complexity index is 867. The number of thioether (sulfide) groups is 1. The summed E-state index contributed by atoms with van der Waals surface area (Å²) < 4.78 is 7.54. The van der Waals surface area contributed by atoms with Crippen LogP contribution in [0.1, 0.15) is 19.9 Å². The summed E-state index contributed by atoms with van der Waals surface area (Å²) in [5.41, 5.74) is 0.616. The van der Waals surface area contributed by atoms with Gasteiger partial charge >= 0.3 is 0 Å². The van der Waals surface area contributed by atoms with Crippen LogP contribution >= 0.6 is 11.8 Å². The molecule has 0 aliphatic heterocycles. The number of ether oxygens (including phenoxy) is 1. The molecule has 7 nitrogen and oxygen atoms in total. The van der Waals surface area contributed by atoms with Gasteiger partial charge in [-0.1, -0.05) is 42.1 Å². The van der Waals surface area contributed by atoms with E-state index >= 15 is 0 Å². The molecular formula is C18H19N5O2S. The van der Waals surface area contributed by atoms with Crippen LogP contribution in [0.4, 0.5) is 5.69 Å². The summed E-state index contributed by atoms with van der Waals surface area (Å²) in [5, 5.41) is 15.0. The largest absolute Gasteiger partial charge is 0.455 e. The molecule has 1 N–H and O–H groups in total. The van der Waals surface area contributed by atoms with E-state index in [0.29, 0.717) is 22.3 Å². The molecule has 3 aromatic rings. The first-order valence-corrected chi connectivity index (χ1v) is 9.14. The quantitative estimate of drug-likeness (QED) is 0.638. The van der Waals surface area contributed by atoms with Gasteiger partial charge in [0.1, 0.15) is 5.75 Å². The fourth-order valence-electron chi connectivity index (χ4n) is 2.20. The van der Waals surface area contributed by atoms with E-state index < -0.39 is 0 Å². The molecule has 2 aromatic carbocycles. The van der Waals surface area contributed by atoms with E-state index in [9.17, 15) is 4.79 Å². The molecular weight excluding hydrogens is 350 g/mol. The highest BCUT2D eigenvalue weighted by Crippen LogP contribution is 2.29. The number of benzene rings is 2. The van der Waals surface area contributed by atoms with Gasteiger partial charge in [0, 0.05) is 0 Å². The fraction of sp³-hybridized carbons (Fsp3) is 0.222. The third-order valence-corrected chi connectivity index (χ3v) is 4.35. The van der Waals surface area contributed by atoms with Gasteiger partial charge < -0.3 is 10.1 Å². The molecule has 0 spiro atoms. The van der Waals surface area contributed by atoms with E-state index in [2.05, 4.69) is 20.8 Å². The minimum absolute atomic E-state index is 0.135. The zero-order valence-electron chi connectivity index (χ0n) is 14.5. The molecule has 0 unspecified atom stereocenters. The van der Waals surface area contributed by atoms with Crippen molar-refractivity contribution in [1.82, 2.24) is 20.2 Å². The summed E-state index contributed by atoms with van der Waals surface area (Å²) in [4.78, 5) is 12.3. The van der Waals surface area contributed by atoms with Crippen LogP contribution < -0.4 is 10.1 Å². The van der Waals surface area contributed by atoms with Crippen molar-refractivity contribution < 1.29 is 9.53 Å². The number of aromatic nitrogens is 4. The summed E-state index contributed by atoms with van der Waals surface area (Å²) in [5.74, 6) is 1.34. The third-order valence-electron chi connectivity index (χ3n) is 3.42. The summed E-state index contributed by atoms with van der Waals surface area (Å²) in [7, 11) is 0. The zero-order chi connectivity index (χ0) is 18.4. The van der Waals surface area contributed by atoms with Crippen molar-refractivity contribution in [1.29, 1.82) is 0 Å². The topological polar surface area (TPSA) is 81.9 Å². The molecule has 0 fully saturated rings. The lowest BCUT2D eigenvalue weighted by Crippen LogP contribution is -2.15. The number of carbonyl (C=O) groups is 1. The van der Waals surface area contributed by atoms with E-state index in [1.54, 1.807) is 10.7 Å². The number of nitrogens with zero attached hydrogens (tertiary/aromatic N) is 4. The second-order valence-corrected chi connectivity index (χ2v) is 6.69. The van der Waals surface area contributed by atoms with Gasteiger partial charge in [-0.05, 0) is 48.5 Å². The van der Waals surface area contributed by atoms with Crippen molar-refractivity contribution in [2.45, 2.75) is 25.0 Å². The van der Waals surface area contributed by atoms with Gasteiger partial charge in [0.25, 0.3) is 0 Å². The average Bonchev–Trinajstić information content (AvgIpc) is 3.11. The van der Waals surface area contributed by atoms with Gasteiger partial charge in [-0.15, -0.1) is 5.10 Å². The van der Waals surface area contributed by atoms with Crippen molar-refractivity contribution in [2.75, 3.05) is 11.1 Å². The Morgan fingerprint density at radius 2 is 1.88 bits per heavy atom. The fourth-order valence-corrected chi connectivity index (χ4v) is 3.00. The van der Waals surface area contributed by atoms with Crippen molar-refractivity contribution in [2.24, 2.45) is 0 Å². The normalized spacial score (nSPS) is 10.7. The van der Waals surface area contributed by atoms with Gasteiger partial charge in [0.2, 0.25) is 11.1 Å². The number of nitrogens with one attached hydrogen (secondary N) is 1. The standard InChI is InChI=1S/C18H19N5O2S/c1-13(2)23-18(20-21-22-23)26-12-17(24)19-15-10-6-7-11-16(15)25-14-8-4-3-5-9-14/h3-11,13H,12H2,1-2H3,(H,19,24). The molecule has 0 aliphatic rings. The van der Waals surface area contributed by atoms with Crippen LogP contribution in [0.25, 0.3) is 0 Å². The van der Waals surface area contributed by atoms with E-state index in [1.165, 1.54) is 11.8 Å². The molecule has 0 aliphatic carbocycles. The Kier molecular flexibility index (Phi) is 5.85. The molecule has 8 heteroatoms. The Balaban J connectivity index is 1.63. The van der Waals surface area contributed by atoms with Gasteiger partial charge in [0.05, 0.1) is 17.5 Å². The maximum absolute atomic E-state index is 12.3. The minimum atomic E-state index is -0.155. The molecule has 1 heterocycles. The first kappa shape index (κ1) is 17.9. The van der Waals surface area contributed by atoms with Gasteiger partial charge in [-0.3, -0.25) is 4.79 Å². The average molecular weight is 369 g/mol. The molecule has 3 rings (SSSR count). The van der Waals surface area contributed by atoms with Crippen LogP contribution in [0, 0.1) is 0 Å². The molecule has 1 amide bonds. The number of anilines is 1. The summed E-state index contributed by atoms with van der Waals surface area (Å²) in [6.07, 6.45) is 0. The lowest BCUT2D eigenvalue weighted by molar-refractivity contribution is -0.113. The Morgan fingerprint density at radius 3 is 2.65 bits per heavy atom. The van der Waals surface area contributed by atoms with Crippen molar-refractivity contribution >= 4 is 23.4 Å². The number of para-hydroxylation sites is 3. The van der Waals surface area contributed by atoms with Crippen LogP contribution in [-0.2, 0) is 4.79 Å². The van der Waals surface area contributed by atoms with Crippen LogP contribution in [0.5, 0.6) is 11.5 Å². The second-order valence-electron chi connectivity index (χ2n) is 5.75. The second kappa shape index (κ2) is 8.48. The summed E-state index contributed by atoms with van der Waals surface area (Å²) >= 11 is 1.29. The number of hydrogen-bond donors (Lipinski definition) is 1. The van der Waals surface area contributed by atoms with Crippen LogP contribution in [-0.4, -0.2) is 31.9 Å². The molecule has 0 radical (unpaired) electrons. The molecule has 0 bridgehead atoms. The number of tetrazole rings is 1. The highest BCUT2D eigenvalue weighted by molar-refractivity contribution is 7.99. The van der Waals surface area contributed by atoms with E-state index in [-0.39, 0.29) is 17.7 Å². The van der Waals surface area contributed by atoms with E-state index in [4.69, 9.17) is 4.74 Å². The maximum atomic E-state index is 12.3. The maximum Gasteiger partial charge on any atom is 0.234 e. The molecule has 26 heavy (non-hydrogen) atoms. The van der Waals surface area contributed by atoms with Crippen molar-refractivity contribution in [3.63, 3.8) is 0 Å². The molecule has 1 aromatic heterocycles. The predicted molar refractivity (Wildman–Crippen MR) is 101 cm³/mol. The van der Waals surface area contributed by atoms with Gasteiger partial charge in [-0.2, -0.15) is 0 Å². The molecule has 0 saturated heterocycles. The van der Waals surface area contributed by atoms with E-state index in [0.717, 1.165) is 0 Å². The number of amides is 1. The predicted octanol–water partition coefficient (Wildman–Crippen LogP) is 3.78. The number of rotatable bonds is 7. The minimum Gasteiger partial charge on any atom is -0.455 e. The van der Waals surface area contributed by atoms with E-state index in [1.807, 2.05) is 62.4 Å². The van der Waals surface area contributed by atoms with Crippen molar-refractivity contribution in [3.05, 3.63) is 54.6 Å². The van der Waals surface area contributed by atoms with Crippen LogP contribution in [0.15, 0.2) is 59.8 Å². The van der Waals surface area contributed by atoms with Gasteiger partial charge in [-0.25, -0.2) is 4.68 Å². The highest BCUT2D eigenvalue weighted by atomic mass is 32.2. The lowest BCUT2D eigenvalue weighted by Gasteiger charge is -2.12. The number of carbonyl (C=O) groups excluding carboxylic acids is 1. The third kappa shape index (κ3) is 4.60. The molecule has 0 saturated carbocycles. The smallest absolute Gasteiger partial charge is 0.234 e. The molecule has 134 valence electrons. The van der Waals surface area contributed by atoms with Crippen LogP contribution in [0.3, 0.4) is 0 Å². The lowest BCUT2D eigenvalue weighted by atomic mass is 10.3. The first-order chi connectivity index (χ1) is 12.6. The van der Waals surface area contributed by atoms with Crippen molar-refractivity contribution in [3.8, 4) is 11.5 Å². The Labute approximate surface area is 155 Å². The number of hydrogen-bond acceptors (Lipinski definition) is 6. The first-order valence-electron chi connectivity index (χ1n) is 8.16. The van der Waals surface area contributed by atoms with Crippen LogP contribution in [0.2, 0.25) is 0 Å². The summed E-state index contributed by atoms with van der Waals surface area (Å²) in [6, 6.07) is 16.9. The summed E-state index contributed by atoms with van der Waals surface area (Å²) in [6.45, 7) is 3.97. The SMILES string of the molecule is CC(C)n1nnnc1SCC(=O)Nc1ccccc1Oc1ccccc1. The Morgan fingerprint density at radius 1 is 1.15 bits per heavy atom. The zero-order valence-corrected chi connectivity index (χ0v) is 15.3. The van der Waals surface area contributed by atoms with Gasteiger partial charge in [0.15, 0.2) is 5.75 Å². The monoisotopic (exact) mass is 369 g/mol. The highest BCUT2D eigenvalue weighted by Gasteiger charge is 2.13. The Hall–Kier alpha value is -2.87. The molecule has 0 atom stereocenters.